The molecule has 0 atom stereocenters. The number of nitrogens with zero attached hydrogens (tertiary/aromatic N) is 6. The Morgan fingerprint density at radius 2 is 1.93 bits per heavy atom. The van der Waals surface area contributed by atoms with Crippen LogP contribution < -0.4 is 15.1 Å². The van der Waals surface area contributed by atoms with Gasteiger partial charge < -0.3 is 15.1 Å². The summed E-state index contributed by atoms with van der Waals surface area (Å²) in [5.41, 5.74) is 4.04. The Morgan fingerprint density at radius 3 is 2.70 bits per heavy atom. The van der Waals surface area contributed by atoms with Crippen LogP contribution >= 0.6 is 0 Å². The third-order valence-electron chi connectivity index (χ3n) is 5.98. The highest BCUT2D eigenvalue weighted by atomic mass is 16.2. The summed E-state index contributed by atoms with van der Waals surface area (Å²) in [7, 11) is 1.92. The van der Waals surface area contributed by atoms with E-state index in [9.17, 15) is 4.79 Å². The van der Waals surface area contributed by atoms with Gasteiger partial charge in [-0.3, -0.25) is 9.48 Å². The van der Waals surface area contributed by atoms with Crippen LogP contribution in [0.1, 0.15) is 24.0 Å². The lowest BCUT2D eigenvalue weighted by atomic mass is 9.95. The first-order valence-corrected chi connectivity index (χ1v) is 10.3. The molecule has 1 aromatic carbocycles. The van der Waals surface area contributed by atoms with Crippen LogP contribution in [0.15, 0.2) is 42.9 Å². The molecular formula is C22H25N7O. The molecule has 5 rings (SSSR count). The molecule has 1 amide bonds. The summed E-state index contributed by atoms with van der Waals surface area (Å²) in [6, 6.07) is 8.01. The van der Waals surface area contributed by atoms with Crippen molar-refractivity contribution in [1.29, 1.82) is 0 Å². The Labute approximate surface area is 175 Å². The summed E-state index contributed by atoms with van der Waals surface area (Å²) in [6.45, 7) is 4.15. The van der Waals surface area contributed by atoms with E-state index in [-0.39, 0.29) is 11.8 Å². The number of aromatic nitrogens is 4. The molecule has 2 aliphatic rings. The van der Waals surface area contributed by atoms with Crippen molar-refractivity contribution in [2.45, 2.75) is 26.3 Å². The van der Waals surface area contributed by atoms with Gasteiger partial charge in [0, 0.05) is 44.0 Å². The van der Waals surface area contributed by atoms with E-state index >= 15 is 0 Å². The summed E-state index contributed by atoms with van der Waals surface area (Å²) in [6.07, 6.45) is 6.95. The molecule has 1 fully saturated rings. The zero-order valence-corrected chi connectivity index (χ0v) is 17.2. The maximum Gasteiger partial charge on any atom is 0.230 e. The highest BCUT2D eigenvalue weighted by Gasteiger charge is 2.33. The second-order valence-corrected chi connectivity index (χ2v) is 8.02. The number of carbonyl (C=O) groups excluding carboxylic acids is 1. The highest BCUT2D eigenvalue weighted by Crippen LogP contribution is 2.37. The Bertz CT molecular complexity index is 1070. The van der Waals surface area contributed by atoms with E-state index in [1.807, 2.05) is 35.0 Å². The zero-order chi connectivity index (χ0) is 20.7. The van der Waals surface area contributed by atoms with Crippen molar-refractivity contribution in [2.75, 3.05) is 28.2 Å². The standard InChI is InChI=1S/C22H25N7O/c1-15-4-5-19-18(12-15)26-20-17(13-25-27(20)2)14-29(19)21(30)16-6-10-28(11-7-16)22-23-8-3-9-24-22/h3-5,8-9,12-13,16,26H,6-7,10-11,14H2,1-2H3. The maximum absolute atomic E-state index is 13.6. The van der Waals surface area contributed by atoms with E-state index in [4.69, 9.17) is 0 Å². The number of benzene rings is 1. The molecule has 1 saturated heterocycles. The number of nitrogens with one attached hydrogen (secondary N) is 1. The lowest BCUT2D eigenvalue weighted by molar-refractivity contribution is -0.123. The van der Waals surface area contributed by atoms with E-state index in [0.717, 1.165) is 60.2 Å². The number of hydrogen-bond acceptors (Lipinski definition) is 6. The van der Waals surface area contributed by atoms with E-state index in [0.29, 0.717) is 6.54 Å². The van der Waals surface area contributed by atoms with Crippen LogP contribution in [0.5, 0.6) is 0 Å². The smallest absolute Gasteiger partial charge is 0.230 e. The topological polar surface area (TPSA) is 79.2 Å². The number of fused-ring (bicyclic) bond motifs is 2. The highest BCUT2D eigenvalue weighted by molar-refractivity contribution is 5.99. The minimum Gasteiger partial charge on any atom is -0.341 e. The number of aryl methyl sites for hydroxylation is 2. The Morgan fingerprint density at radius 1 is 1.17 bits per heavy atom. The first-order chi connectivity index (χ1) is 14.6. The number of rotatable bonds is 2. The minimum absolute atomic E-state index is 0.0164. The molecule has 0 unspecified atom stereocenters. The van der Waals surface area contributed by atoms with Gasteiger partial charge in [-0.05, 0) is 43.5 Å². The number of hydrogen-bond donors (Lipinski definition) is 1. The second-order valence-electron chi connectivity index (χ2n) is 8.02. The predicted octanol–water partition coefficient (Wildman–Crippen LogP) is 3.03. The molecule has 0 radical (unpaired) electrons. The van der Waals surface area contributed by atoms with Crippen molar-refractivity contribution < 1.29 is 4.79 Å². The van der Waals surface area contributed by atoms with Crippen molar-refractivity contribution in [3.8, 4) is 0 Å². The van der Waals surface area contributed by atoms with Gasteiger partial charge in [0.15, 0.2) is 0 Å². The molecule has 0 saturated carbocycles. The number of carbonyl (C=O) groups is 1. The zero-order valence-electron chi connectivity index (χ0n) is 17.2. The van der Waals surface area contributed by atoms with Gasteiger partial charge in [0.05, 0.1) is 24.1 Å². The molecule has 8 nitrogen and oxygen atoms in total. The average molecular weight is 403 g/mol. The van der Waals surface area contributed by atoms with Crippen molar-refractivity contribution in [3.05, 3.63) is 54.0 Å². The average Bonchev–Trinajstić information content (AvgIpc) is 3.02. The Balaban J connectivity index is 1.40. The predicted molar refractivity (Wildman–Crippen MR) is 116 cm³/mol. The first-order valence-electron chi connectivity index (χ1n) is 10.3. The quantitative estimate of drug-likeness (QED) is 0.709. The van der Waals surface area contributed by atoms with Gasteiger partial charge in [-0.1, -0.05) is 6.07 Å². The van der Waals surface area contributed by atoms with Crippen LogP contribution in [0.4, 0.5) is 23.1 Å². The largest absolute Gasteiger partial charge is 0.341 e. The second kappa shape index (κ2) is 7.44. The van der Waals surface area contributed by atoms with Gasteiger partial charge in [0.2, 0.25) is 11.9 Å². The van der Waals surface area contributed by atoms with Crippen molar-refractivity contribution in [3.63, 3.8) is 0 Å². The molecule has 8 heteroatoms. The van der Waals surface area contributed by atoms with Crippen LogP contribution in [-0.4, -0.2) is 38.7 Å². The van der Waals surface area contributed by atoms with Gasteiger partial charge in [0.25, 0.3) is 0 Å². The molecule has 4 heterocycles. The Hall–Kier alpha value is -3.42. The monoisotopic (exact) mass is 403 g/mol. The lowest BCUT2D eigenvalue weighted by Gasteiger charge is -2.34. The van der Waals surface area contributed by atoms with Crippen LogP contribution in [0.25, 0.3) is 0 Å². The van der Waals surface area contributed by atoms with Crippen molar-refractivity contribution in [1.82, 2.24) is 19.7 Å². The van der Waals surface area contributed by atoms with Crippen LogP contribution in [-0.2, 0) is 18.4 Å². The van der Waals surface area contributed by atoms with Gasteiger partial charge in [-0.2, -0.15) is 5.10 Å². The summed E-state index contributed by atoms with van der Waals surface area (Å²) < 4.78 is 1.83. The molecule has 0 bridgehead atoms. The van der Waals surface area contributed by atoms with E-state index in [1.54, 1.807) is 12.4 Å². The van der Waals surface area contributed by atoms with E-state index in [2.05, 4.69) is 44.3 Å². The van der Waals surface area contributed by atoms with Crippen LogP contribution in [0, 0.1) is 12.8 Å². The molecule has 1 N–H and O–H groups in total. The van der Waals surface area contributed by atoms with E-state index < -0.39 is 0 Å². The third kappa shape index (κ3) is 3.28. The van der Waals surface area contributed by atoms with E-state index in [1.165, 1.54) is 0 Å². The fourth-order valence-corrected chi connectivity index (χ4v) is 4.33. The third-order valence-corrected chi connectivity index (χ3v) is 5.98. The molecule has 0 aliphatic carbocycles. The maximum atomic E-state index is 13.6. The van der Waals surface area contributed by atoms with Gasteiger partial charge in [-0.15, -0.1) is 0 Å². The number of anilines is 4. The minimum atomic E-state index is -0.0164. The van der Waals surface area contributed by atoms with Gasteiger partial charge in [-0.25, -0.2) is 9.97 Å². The van der Waals surface area contributed by atoms with Crippen LogP contribution in [0.3, 0.4) is 0 Å². The SMILES string of the molecule is Cc1ccc2c(c1)Nc1c(cnn1C)CN2C(=O)C1CCN(c2ncccn2)CC1. The molecule has 0 spiro atoms. The number of piperidine rings is 1. The molecule has 30 heavy (non-hydrogen) atoms. The summed E-state index contributed by atoms with van der Waals surface area (Å²) >= 11 is 0. The molecule has 2 aliphatic heterocycles. The first kappa shape index (κ1) is 18.6. The molecule has 3 aromatic rings. The Kier molecular flexibility index (Phi) is 4.61. The normalized spacial score (nSPS) is 16.5. The van der Waals surface area contributed by atoms with Crippen LogP contribution in [0.2, 0.25) is 0 Å². The fraction of sp³-hybridized carbons (Fsp3) is 0.364. The van der Waals surface area contributed by atoms with Crippen molar-refractivity contribution in [2.24, 2.45) is 13.0 Å². The fourth-order valence-electron chi connectivity index (χ4n) is 4.33. The molecule has 154 valence electrons. The summed E-state index contributed by atoms with van der Waals surface area (Å²) in [5, 5.41) is 7.87. The molecular weight excluding hydrogens is 378 g/mol. The number of amides is 1. The van der Waals surface area contributed by atoms with Gasteiger partial charge >= 0.3 is 0 Å². The summed E-state index contributed by atoms with van der Waals surface area (Å²) in [5.74, 6) is 1.83. The summed E-state index contributed by atoms with van der Waals surface area (Å²) in [4.78, 5) is 26.4. The molecule has 2 aromatic heterocycles. The van der Waals surface area contributed by atoms with Crippen molar-refractivity contribution >= 4 is 29.0 Å². The lowest BCUT2D eigenvalue weighted by Crippen LogP contribution is -2.43. The van der Waals surface area contributed by atoms with Gasteiger partial charge in [0.1, 0.15) is 5.82 Å².